The summed E-state index contributed by atoms with van der Waals surface area (Å²) in [6, 6.07) is 16.7. The van der Waals surface area contributed by atoms with Crippen molar-refractivity contribution in [1.29, 1.82) is 0 Å². The van der Waals surface area contributed by atoms with Crippen molar-refractivity contribution in [1.82, 2.24) is 9.88 Å². The van der Waals surface area contributed by atoms with Gasteiger partial charge in [-0.1, -0.05) is 23.7 Å². The van der Waals surface area contributed by atoms with Crippen LogP contribution in [0, 0.1) is 11.6 Å². The lowest BCUT2D eigenvalue weighted by Gasteiger charge is -2.31. The summed E-state index contributed by atoms with van der Waals surface area (Å²) in [6.45, 7) is 0.994. The fraction of sp³-hybridized carbons (Fsp3) is 0.207. The normalized spacial score (nSPS) is 13.8. The van der Waals surface area contributed by atoms with Crippen LogP contribution in [0.3, 0.4) is 0 Å². The zero-order chi connectivity index (χ0) is 27.4. The fourth-order valence-corrected chi connectivity index (χ4v) is 5.50. The monoisotopic (exact) mass is 567 g/mol. The summed E-state index contributed by atoms with van der Waals surface area (Å²) < 4.78 is 32.5. The number of rotatable bonds is 7. The SMILES string of the molecule is O=C(Nc1ccc(F)cc1-c1ccc(Cl)cc1)c1csc(C2CCN(C(=O)COc3ccc(F)cc3)CC2)n1. The van der Waals surface area contributed by atoms with E-state index in [0.29, 0.717) is 35.1 Å². The van der Waals surface area contributed by atoms with Crippen LogP contribution in [0.2, 0.25) is 5.02 Å². The summed E-state index contributed by atoms with van der Waals surface area (Å²) in [5, 5.41) is 5.97. The van der Waals surface area contributed by atoms with Gasteiger partial charge < -0.3 is 15.0 Å². The number of carbonyl (C=O) groups excluding carboxylic acids is 2. The number of hydrogen-bond acceptors (Lipinski definition) is 5. The number of nitrogens with zero attached hydrogens (tertiary/aromatic N) is 2. The molecule has 1 N–H and O–H groups in total. The predicted molar refractivity (Wildman–Crippen MR) is 147 cm³/mol. The van der Waals surface area contributed by atoms with Gasteiger partial charge in [0.15, 0.2) is 6.61 Å². The number of carbonyl (C=O) groups is 2. The lowest BCUT2D eigenvalue weighted by molar-refractivity contribution is -0.134. The van der Waals surface area contributed by atoms with Gasteiger partial charge in [0.05, 0.1) is 5.01 Å². The van der Waals surface area contributed by atoms with Crippen LogP contribution in [0.15, 0.2) is 72.1 Å². The minimum atomic E-state index is -0.416. The van der Waals surface area contributed by atoms with Crippen LogP contribution >= 0.6 is 22.9 Å². The van der Waals surface area contributed by atoms with E-state index in [9.17, 15) is 18.4 Å². The molecule has 6 nitrogen and oxygen atoms in total. The molecule has 4 aromatic rings. The second-order valence-corrected chi connectivity index (χ2v) is 10.4. The molecule has 1 aliphatic heterocycles. The number of ether oxygens (including phenoxy) is 1. The van der Waals surface area contributed by atoms with Gasteiger partial charge in [0.2, 0.25) is 0 Å². The average molecular weight is 568 g/mol. The summed E-state index contributed by atoms with van der Waals surface area (Å²) >= 11 is 7.39. The molecule has 1 fully saturated rings. The molecular weight excluding hydrogens is 544 g/mol. The van der Waals surface area contributed by atoms with Crippen LogP contribution in [0.1, 0.15) is 34.3 Å². The maximum absolute atomic E-state index is 14.0. The Morgan fingerprint density at radius 1 is 1.00 bits per heavy atom. The van der Waals surface area contributed by atoms with Gasteiger partial charge >= 0.3 is 0 Å². The van der Waals surface area contributed by atoms with E-state index in [1.165, 1.54) is 53.8 Å². The standard InChI is InChI=1S/C29H24ClF2N3O3S/c30-20-3-1-18(2-4-20)24-15-22(32)7-10-25(24)33-28(37)26-17-39-29(34-26)19-11-13-35(14-12-19)27(36)16-38-23-8-5-21(31)6-9-23/h1-10,15,17,19H,11-14,16H2,(H,33,37). The molecule has 0 spiro atoms. The summed E-state index contributed by atoms with van der Waals surface area (Å²) in [6.07, 6.45) is 1.44. The van der Waals surface area contributed by atoms with Crippen LogP contribution in [-0.4, -0.2) is 41.4 Å². The number of amides is 2. The van der Waals surface area contributed by atoms with Crippen LogP contribution in [0.25, 0.3) is 11.1 Å². The maximum atomic E-state index is 14.0. The smallest absolute Gasteiger partial charge is 0.275 e. The minimum absolute atomic E-state index is 0.112. The Bertz CT molecular complexity index is 1470. The third-order valence-electron chi connectivity index (χ3n) is 6.51. The number of nitrogens with one attached hydrogen (secondary N) is 1. The van der Waals surface area contributed by atoms with E-state index in [2.05, 4.69) is 10.3 Å². The molecule has 0 saturated carbocycles. The molecule has 3 aromatic carbocycles. The number of halogens is 3. The van der Waals surface area contributed by atoms with Crippen molar-refractivity contribution in [3.05, 3.63) is 99.5 Å². The zero-order valence-electron chi connectivity index (χ0n) is 20.7. The molecule has 1 aromatic heterocycles. The second kappa shape index (κ2) is 11.9. The van der Waals surface area contributed by atoms with Crippen molar-refractivity contribution in [3.63, 3.8) is 0 Å². The van der Waals surface area contributed by atoms with Crippen LogP contribution in [0.5, 0.6) is 5.75 Å². The van der Waals surface area contributed by atoms with Crippen molar-refractivity contribution in [2.45, 2.75) is 18.8 Å². The number of thiazole rings is 1. The Balaban J connectivity index is 1.17. The first-order chi connectivity index (χ1) is 18.9. The van der Waals surface area contributed by atoms with Gasteiger partial charge in [0, 0.05) is 40.7 Å². The topological polar surface area (TPSA) is 71.5 Å². The first-order valence-electron chi connectivity index (χ1n) is 12.3. The van der Waals surface area contributed by atoms with E-state index in [4.69, 9.17) is 16.3 Å². The highest BCUT2D eigenvalue weighted by Crippen LogP contribution is 2.32. The number of hydrogen-bond donors (Lipinski definition) is 1. The molecule has 5 rings (SSSR count). The molecular formula is C29H24ClF2N3O3S. The number of benzene rings is 3. The highest BCUT2D eigenvalue weighted by atomic mass is 35.5. The van der Waals surface area contributed by atoms with Gasteiger partial charge in [0.25, 0.3) is 11.8 Å². The molecule has 1 aliphatic rings. The van der Waals surface area contributed by atoms with Gasteiger partial charge in [-0.05, 0) is 73.0 Å². The third-order valence-corrected chi connectivity index (χ3v) is 7.77. The first kappa shape index (κ1) is 26.8. The Hall–Kier alpha value is -3.82. The zero-order valence-corrected chi connectivity index (χ0v) is 22.3. The molecule has 0 bridgehead atoms. The van der Waals surface area contributed by atoms with Gasteiger partial charge in [-0.15, -0.1) is 11.3 Å². The van der Waals surface area contributed by atoms with E-state index < -0.39 is 5.82 Å². The van der Waals surface area contributed by atoms with Crippen molar-refractivity contribution >= 4 is 40.4 Å². The average Bonchev–Trinajstić information content (AvgIpc) is 3.45. The third kappa shape index (κ3) is 6.61. The predicted octanol–water partition coefficient (Wildman–Crippen LogP) is 6.78. The number of piperidine rings is 1. The Labute approximate surface area is 233 Å². The molecule has 200 valence electrons. The molecule has 39 heavy (non-hydrogen) atoms. The van der Waals surface area contributed by atoms with Crippen molar-refractivity contribution in [3.8, 4) is 16.9 Å². The lowest BCUT2D eigenvalue weighted by atomic mass is 9.97. The van der Waals surface area contributed by atoms with E-state index in [-0.39, 0.29) is 35.9 Å². The molecule has 0 aliphatic carbocycles. The van der Waals surface area contributed by atoms with Crippen molar-refractivity contribution < 1.29 is 23.1 Å². The molecule has 2 amide bonds. The largest absolute Gasteiger partial charge is 0.484 e. The molecule has 10 heteroatoms. The summed E-state index contributed by atoms with van der Waals surface area (Å²) in [5.41, 5.74) is 2.01. The number of aromatic nitrogens is 1. The Morgan fingerprint density at radius 3 is 2.41 bits per heavy atom. The van der Waals surface area contributed by atoms with Crippen LogP contribution < -0.4 is 10.1 Å². The molecule has 1 saturated heterocycles. The highest BCUT2D eigenvalue weighted by molar-refractivity contribution is 7.10. The quantitative estimate of drug-likeness (QED) is 0.267. The summed E-state index contributed by atoms with van der Waals surface area (Å²) in [4.78, 5) is 31.9. The van der Waals surface area contributed by atoms with Crippen LogP contribution in [-0.2, 0) is 4.79 Å². The molecule has 0 unspecified atom stereocenters. The summed E-state index contributed by atoms with van der Waals surface area (Å²) in [5.74, 6) is -0.724. The maximum Gasteiger partial charge on any atom is 0.275 e. The first-order valence-corrected chi connectivity index (χ1v) is 13.6. The minimum Gasteiger partial charge on any atom is -0.484 e. The molecule has 0 radical (unpaired) electrons. The van der Waals surface area contributed by atoms with E-state index in [0.717, 1.165) is 23.4 Å². The summed E-state index contributed by atoms with van der Waals surface area (Å²) in [7, 11) is 0. The number of anilines is 1. The van der Waals surface area contributed by atoms with Crippen molar-refractivity contribution in [2.75, 3.05) is 25.0 Å². The van der Waals surface area contributed by atoms with Crippen molar-refractivity contribution in [2.24, 2.45) is 0 Å². The van der Waals surface area contributed by atoms with Gasteiger partial charge in [-0.3, -0.25) is 9.59 Å². The second-order valence-electron chi connectivity index (χ2n) is 9.12. The van der Waals surface area contributed by atoms with Gasteiger partial charge in [-0.2, -0.15) is 0 Å². The van der Waals surface area contributed by atoms with Gasteiger partial charge in [0.1, 0.15) is 23.1 Å². The van der Waals surface area contributed by atoms with E-state index in [1.54, 1.807) is 34.5 Å². The van der Waals surface area contributed by atoms with E-state index in [1.807, 2.05) is 0 Å². The van der Waals surface area contributed by atoms with Crippen LogP contribution in [0.4, 0.5) is 14.5 Å². The molecule has 2 heterocycles. The van der Waals surface area contributed by atoms with Gasteiger partial charge in [-0.25, -0.2) is 13.8 Å². The Morgan fingerprint density at radius 2 is 1.69 bits per heavy atom. The lowest BCUT2D eigenvalue weighted by Crippen LogP contribution is -2.40. The Kier molecular flexibility index (Phi) is 8.18. The number of likely N-dealkylation sites (tertiary alicyclic amines) is 1. The fourth-order valence-electron chi connectivity index (χ4n) is 4.40. The molecule has 0 atom stereocenters. The highest BCUT2D eigenvalue weighted by Gasteiger charge is 2.27. The van der Waals surface area contributed by atoms with E-state index >= 15 is 0 Å².